The Morgan fingerprint density at radius 2 is 2.12 bits per heavy atom. The molecule has 0 amide bonds. The third-order valence-corrected chi connectivity index (χ3v) is 4.73. The van der Waals surface area contributed by atoms with Crippen LogP contribution in [0.2, 0.25) is 0 Å². The maximum absolute atomic E-state index is 13.5. The van der Waals surface area contributed by atoms with Gasteiger partial charge < -0.3 is 10.5 Å². The Labute approximate surface area is 103 Å². The number of hydrogen-bond acceptors (Lipinski definition) is 3. The Morgan fingerprint density at radius 1 is 1.41 bits per heavy atom. The molecular weight excluding hydrogens is 241 g/mol. The van der Waals surface area contributed by atoms with E-state index in [1.165, 1.54) is 6.07 Å². The molecule has 94 valence electrons. The van der Waals surface area contributed by atoms with Crippen molar-refractivity contribution in [2.75, 3.05) is 18.9 Å². The molecule has 1 aromatic rings. The molecule has 1 aliphatic rings. The highest BCUT2D eigenvalue weighted by molar-refractivity contribution is 7.84. The van der Waals surface area contributed by atoms with E-state index in [-0.39, 0.29) is 16.8 Å². The van der Waals surface area contributed by atoms with Gasteiger partial charge in [-0.05, 0) is 25.0 Å². The Bertz CT molecular complexity index is 419. The predicted molar refractivity (Wildman–Crippen MR) is 66.5 cm³/mol. The molecule has 1 unspecified atom stereocenters. The number of halogens is 1. The summed E-state index contributed by atoms with van der Waals surface area (Å²) >= 11 is 0. The summed E-state index contributed by atoms with van der Waals surface area (Å²) in [4.78, 5) is 0. The summed E-state index contributed by atoms with van der Waals surface area (Å²) < 4.78 is 30.8. The van der Waals surface area contributed by atoms with Gasteiger partial charge in [0.2, 0.25) is 0 Å². The number of benzene rings is 1. The van der Waals surface area contributed by atoms with Crippen LogP contribution in [-0.2, 0) is 21.3 Å². The molecule has 0 spiro atoms. The normalized spacial score (nSPS) is 19.1. The van der Waals surface area contributed by atoms with E-state index in [4.69, 9.17) is 10.5 Å². The Balaban J connectivity index is 2.02. The van der Waals surface area contributed by atoms with Gasteiger partial charge in [-0.15, -0.1) is 0 Å². The van der Waals surface area contributed by atoms with Crippen LogP contribution in [0.25, 0.3) is 0 Å². The van der Waals surface area contributed by atoms with E-state index in [0.29, 0.717) is 24.5 Å². The lowest BCUT2D eigenvalue weighted by Crippen LogP contribution is -2.25. The van der Waals surface area contributed by atoms with Gasteiger partial charge in [-0.2, -0.15) is 0 Å². The molecule has 0 aliphatic carbocycles. The van der Waals surface area contributed by atoms with Crippen molar-refractivity contribution < 1.29 is 13.3 Å². The van der Waals surface area contributed by atoms with Crippen molar-refractivity contribution in [3.63, 3.8) is 0 Å². The fourth-order valence-electron chi connectivity index (χ4n) is 1.89. The van der Waals surface area contributed by atoms with E-state index >= 15 is 0 Å². The first-order chi connectivity index (χ1) is 8.16. The van der Waals surface area contributed by atoms with Crippen LogP contribution in [-0.4, -0.2) is 22.7 Å². The van der Waals surface area contributed by atoms with Crippen molar-refractivity contribution in [1.82, 2.24) is 0 Å². The van der Waals surface area contributed by atoms with E-state index in [9.17, 15) is 8.60 Å². The third-order valence-electron chi connectivity index (χ3n) is 2.91. The lowest BCUT2D eigenvalue weighted by atomic mass is 10.2. The first kappa shape index (κ1) is 12.5. The van der Waals surface area contributed by atoms with Crippen molar-refractivity contribution in [2.45, 2.75) is 23.8 Å². The zero-order valence-electron chi connectivity index (χ0n) is 9.52. The van der Waals surface area contributed by atoms with E-state index < -0.39 is 10.8 Å². The molecule has 1 heterocycles. The van der Waals surface area contributed by atoms with Crippen LogP contribution < -0.4 is 5.73 Å². The largest absolute Gasteiger partial charge is 0.399 e. The Hall–Kier alpha value is -0.940. The van der Waals surface area contributed by atoms with E-state index in [2.05, 4.69) is 0 Å². The Morgan fingerprint density at radius 3 is 2.76 bits per heavy atom. The lowest BCUT2D eigenvalue weighted by molar-refractivity contribution is 0.0992. The van der Waals surface area contributed by atoms with Crippen molar-refractivity contribution in [1.29, 1.82) is 0 Å². The van der Waals surface area contributed by atoms with Crippen LogP contribution in [0.15, 0.2) is 18.2 Å². The van der Waals surface area contributed by atoms with E-state index in [1.54, 1.807) is 12.1 Å². The van der Waals surface area contributed by atoms with Crippen LogP contribution in [0.4, 0.5) is 10.1 Å². The van der Waals surface area contributed by atoms with E-state index in [1.807, 2.05) is 0 Å². The van der Waals surface area contributed by atoms with Crippen molar-refractivity contribution >= 4 is 16.5 Å². The first-order valence-electron chi connectivity index (χ1n) is 5.65. The first-order valence-corrected chi connectivity index (χ1v) is 7.04. The van der Waals surface area contributed by atoms with Gasteiger partial charge in [-0.25, -0.2) is 4.39 Å². The summed E-state index contributed by atoms with van der Waals surface area (Å²) in [7, 11) is -1.04. The summed E-state index contributed by atoms with van der Waals surface area (Å²) in [6, 6.07) is 4.53. The molecule has 0 radical (unpaired) electrons. The molecule has 1 atom stereocenters. The molecule has 5 heteroatoms. The van der Waals surface area contributed by atoms with Crippen molar-refractivity contribution in [2.24, 2.45) is 0 Å². The fourth-order valence-corrected chi connectivity index (χ4v) is 3.39. The zero-order valence-corrected chi connectivity index (χ0v) is 10.3. The van der Waals surface area contributed by atoms with Crippen molar-refractivity contribution in [3.8, 4) is 0 Å². The van der Waals surface area contributed by atoms with Gasteiger partial charge in [0, 0.05) is 40.5 Å². The maximum Gasteiger partial charge on any atom is 0.129 e. The second-order valence-electron chi connectivity index (χ2n) is 4.19. The SMILES string of the molecule is Nc1ccc(CS(=O)C2CCOCC2)c(F)c1. The number of nitrogens with two attached hydrogens (primary N) is 1. The predicted octanol–water partition coefficient (Wildman–Crippen LogP) is 1.84. The fraction of sp³-hybridized carbons (Fsp3) is 0.500. The average Bonchev–Trinajstić information content (AvgIpc) is 2.34. The van der Waals surface area contributed by atoms with Crippen LogP contribution in [0.3, 0.4) is 0 Å². The van der Waals surface area contributed by atoms with Gasteiger partial charge >= 0.3 is 0 Å². The van der Waals surface area contributed by atoms with Gasteiger partial charge in [-0.1, -0.05) is 6.07 Å². The van der Waals surface area contributed by atoms with Gasteiger partial charge in [-0.3, -0.25) is 4.21 Å². The van der Waals surface area contributed by atoms with Gasteiger partial charge in [0.05, 0.1) is 5.75 Å². The Kier molecular flexibility index (Phi) is 4.12. The smallest absolute Gasteiger partial charge is 0.129 e. The van der Waals surface area contributed by atoms with Gasteiger partial charge in [0.1, 0.15) is 5.82 Å². The summed E-state index contributed by atoms with van der Waals surface area (Å²) in [6.45, 7) is 1.31. The summed E-state index contributed by atoms with van der Waals surface area (Å²) in [5.41, 5.74) is 6.34. The van der Waals surface area contributed by atoms with Crippen molar-refractivity contribution in [3.05, 3.63) is 29.6 Å². The van der Waals surface area contributed by atoms with E-state index in [0.717, 1.165) is 12.8 Å². The highest BCUT2D eigenvalue weighted by Crippen LogP contribution is 2.19. The van der Waals surface area contributed by atoms with Crippen LogP contribution >= 0.6 is 0 Å². The zero-order chi connectivity index (χ0) is 12.3. The van der Waals surface area contributed by atoms with Crippen LogP contribution in [0.1, 0.15) is 18.4 Å². The maximum atomic E-state index is 13.5. The number of rotatable bonds is 3. The molecule has 1 fully saturated rings. The standard InChI is InChI=1S/C12H16FNO2S/c13-12-7-10(14)2-1-9(12)8-17(15)11-3-5-16-6-4-11/h1-2,7,11H,3-6,8,14H2. The molecule has 0 bridgehead atoms. The minimum absolute atomic E-state index is 0.126. The molecule has 3 nitrogen and oxygen atoms in total. The summed E-state index contributed by atoms with van der Waals surface area (Å²) in [5.74, 6) is -0.109. The number of hydrogen-bond donors (Lipinski definition) is 1. The molecule has 2 rings (SSSR count). The molecule has 2 N–H and O–H groups in total. The van der Waals surface area contributed by atoms with Crippen LogP contribution in [0, 0.1) is 5.82 Å². The number of ether oxygens (including phenoxy) is 1. The second kappa shape index (κ2) is 5.60. The minimum atomic E-state index is -1.04. The number of nitrogen functional groups attached to an aromatic ring is 1. The molecule has 1 aromatic carbocycles. The summed E-state index contributed by atoms with van der Waals surface area (Å²) in [6.07, 6.45) is 1.59. The molecule has 17 heavy (non-hydrogen) atoms. The second-order valence-corrected chi connectivity index (χ2v) is 5.90. The van der Waals surface area contributed by atoms with Crippen LogP contribution in [0.5, 0.6) is 0 Å². The lowest BCUT2D eigenvalue weighted by Gasteiger charge is -2.21. The average molecular weight is 257 g/mol. The molecule has 1 saturated heterocycles. The van der Waals surface area contributed by atoms with Gasteiger partial charge in [0.25, 0.3) is 0 Å². The molecule has 0 aromatic heterocycles. The topological polar surface area (TPSA) is 52.3 Å². The third kappa shape index (κ3) is 3.26. The monoisotopic (exact) mass is 257 g/mol. The summed E-state index contributed by atoms with van der Waals surface area (Å²) in [5, 5.41) is 0.126. The minimum Gasteiger partial charge on any atom is -0.399 e. The highest BCUT2D eigenvalue weighted by atomic mass is 32.2. The molecule has 1 aliphatic heterocycles. The quantitative estimate of drug-likeness (QED) is 0.841. The highest BCUT2D eigenvalue weighted by Gasteiger charge is 2.21. The molecular formula is C12H16FNO2S. The number of anilines is 1. The molecule has 0 saturated carbocycles. The van der Waals surface area contributed by atoms with Gasteiger partial charge in [0.15, 0.2) is 0 Å².